The summed E-state index contributed by atoms with van der Waals surface area (Å²) in [6.07, 6.45) is 5.92. The Morgan fingerprint density at radius 1 is 0.964 bits per heavy atom. The Morgan fingerprint density at radius 2 is 1.61 bits per heavy atom. The molecule has 28 heavy (non-hydrogen) atoms. The number of aromatic amines is 1. The Morgan fingerprint density at radius 3 is 2.32 bits per heavy atom. The van der Waals surface area contributed by atoms with E-state index < -0.39 is 0 Å². The van der Waals surface area contributed by atoms with Crippen LogP contribution in [0.5, 0.6) is 0 Å². The van der Waals surface area contributed by atoms with Crippen LogP contribution in [0.2, 0.25) is 0 Å². The SMILES string of the molecule is CC1Cc2c([nH]c3ccccc23)C2(CCC(c3ccccc3)CC2)O1.CNC. The van der Waals surface area contributed by atoms with Gasteiger partial charge in [-0.1, -0.05) is 48.5 Å². The minimum Gasteiger partial charge on any atom is -0.365 e. The molecule has 1 aromatic heterocycles. The third kappa shape index (κ3) is 3.49. The van der Waals surface area contributed by atoms with Crippen LogP contribution in [0.4, 0.5) is 0 Å². The van der Waals surface area contributed by atoms with Crippen molar-refractivity contribution in [3.05, 3.63) is 71.4 Å². The molecule has 148 valence electrons. The molecule has 0 bridgehead atoms. The number of ether oxygens (including phenoxy) is 1. The largest absolute Gasteiger partial charge is 0.365 e. The van der Waals surface area contributed by atoms with Crippen LogP contribution in [0.1, 0.15) is 55.3 Å². The zero-order valence-corrected chi connectivity index (χ0v) is 17.3. The van der Waals surface area contributed by atoms with E-state index in [1.54, 1.807) is 0 Å². The number of fused-ring (bicyclic) bond motifs is 4. The molecule has 1 aliphatic carbocycles. The van der Waals surface area contributed by atoms with Crippen molar-refractivity contribution in [3.63, 3.8) is 0 Å². The summed E-state index contributed by atoms with van der Waals surface area (Å²) in [5.41, 5.74) is 5.48. The zero-order chi connectivity index (χ0) is 19.6. The summed E-state index contributed by atoms with van der Waals surface area (Å²) in [7, 11) is 3.75. The fourth-order valence-corrected chi connectivity index (χ4v) is 5.08. The molecule has 2 aromatic carbocycles. The van der Waals surface area contributed by atoms with Gasteiger partial charge in [0.1, 0.15) is 5.60 Å². The first-order valence-electron chi connectivity index (χ1n) is 10.6. The highest BCUT2D eigenvalue weighted by Gasteiger charge is 2.45. The van der Waals surface area contributed by atoms with Gasteiger partial charge in [-0.25, -0.2) is 0 Å². The van der Waals surface area contributed by atoms with Crippen molar-refractivity contribution < 1.29 is 4.74 Å². The van der Waals surface area contributed by atoms with E-state index in [0.717, 1.165) is 19.3 Å². The summed E-state index contributed by atoms with van der Waals surface area (Å²) in [6.45, 7) is 2.23. The second-order valence-electron chi connectivity index (χ2n) is 8.34. The maximum Gasteiger partial charge on any atom is 0.108 e. The predicted molar refractivity (Wildman–Crippen MR) is 117 cm³/mol. The Hall–Kier alpha value is -2.10. The van der Waals surface area contributed by atoms with E-state index in [1.807, 2.05) is 14.1 Å². The summed E-state index contributed by atoms with van der Waals surface area (Å²) < 4.78 is 6.62. The summed E-state index contributed by atoms with van der Waals surface area (Å²) in [5, 5.41) is 4.14. The number of benzene rings is 2. The number of hydrogen-bond donors (Lipinski definition) is 2. The minimum absolute atomic E-state index is 0.114. The lowest BCUT2D eigenvalue weighted by Gasteiger charge is -2.45. The molecule has 3 nitrogen and oxygen atoms in total. The van der Waals surface area contributed by atoms with Crippen LogP contribution in [-0.2, 0) is 16.8 Å². The highest BCUT2D eigenvalue weighted by molar-refractivity contribution is 5.85. The van der Waals surface area contributed by atoms with Crippen LogP contribution in [0.25, 0.3) is 10.9 Å². The Bertz CT molecular complexity index is 907. The molecule has 1 saturated carbocycles. The van der Waals surface area contributed by atoms with Crippen LogP contribution < -0.4 is 5.32 Å². The van der Waals surface area contributed by atoms with Gasteiger partial charge >= 0.3 is 0 Å². The van der Waals surface area contributed by atoms with Crippen molar-refractivity contribution >= 4 is 10.9 Å². The topological polar surface area (TPSA) is 37.0 Å². The van der Waals surface area contributed by atoms with E-state index in [2.05, 4.69) is 71.8 Å². The summed E-state index contributed by atoms with van der Waals surface area (Å²) in [5.74, 6) is 0.667. The molecule has 0 amide bonds. The molecule has 1 spiro atoms. The number of H-pyrrole nitrogens is 1. The number of nitrogens with one attached hydrogen (secondary N) is 2. The van der Waals surface area contributed by atoms with E-state index in [-0.39, 0.29) is 5.60 Å². The van der Waals surface area contributed by atoms with Gasteiger partial charge in [0, 0.05) is 17.3 Å². The summed E-state index contributed by atoms with van der Waals surface area (Å²) in [6, 6.07) is 19.7. The lowest BCUT2D eigenvalue weighted by atomic mass is 9.72. The monoisotopic (exact) mass is 376 g/mol. The molecule has 2 heterocycles. The Kier molecular flexibility index (Phi) is 5.56. The van der Waals surface area contributed by atoms with Gasteiger partial charge in [0.15, 0.2) is 0 Å². The van der Waals surface area contributed by atoms with E-state index >= 15 is 0 Å². The number of hydrogen-bond acceptors (Lipinski definition) is 2. The maximum absolute atomic E-state index is 6.62. The smallest absolute Gasteiger partial charge is 0.108 e. The van der Waals surface area contributed by atoms with E-state index in [1.165, 1.54) is 40.6 Å². The highest BCUT2D eigenvalue weighted by Crippen LogP contribution is 2.50. The maximum atomic E-state index is 6.62. The molecule has 1 unspecified atom stereocenters. The van der Waals surface area contributed by atoms with Gasteiger partial charge in [-0.05, 0) is 69.8 Å². The Balaban J connectivity index is 0.000000604. The van der Waals surface area contributed by atoms with Crippen LogP contribution in [0.3, 0.4) is 0 Å². The van der Waals surface area contributed by atoms with Crippen LogP contribution >= 0.6 is 0 Å². The molecule has 5 rings (SSSR count). The normalized spacial score (nSPS) is 26.5. The average molecular weight is 377 g/mol. The van der Waals surface area contributed by atoms with Crippen molar-refractivity contribution in [2.24, 2.45) is 0 Å². The highest BCUT2D eigenvalue weighted by atomic mass is 16.5. The zero-order valence-electron chi connectivity index (χ0n) is 17.3. The summed E-state index contributed by atoms with van der Waals surface area (Å²) in [4.78, 5) is 3.73. The molecule has 3 aromatic rings. The second kappa shape index (κ2) is 8.10. The van der Waals surface area contributed by atoms with Gasteiger partial charge in [-0.2, -0.15) is 0 Å². The molecule has 0 radical (unpaired) electrons. The number of rotatable bonds is 1. The van der Waals surface area contributed by atoms with Gasteiger partial charge in [-0.3, -0.25) is 0 Å². The van der Waals surface area contributed by atoms with Gasteiger partial charge in [0.2, 0.25) is 0 Å². The quantitative estimate of drug-likeness (QED) is 0.587. The molecule has 2 N–H and O–H groups in total. The third-order valence-corrected chi connectivity index (χ3v) is 6.25. The van der Waals surface area contributed by atoms with Crippen LogP contribution in [0, 0.1) is 0 Å². The molecule has 2 aliphatic rings. The van der Waals surface area contributed by atoms with Gasteiger partial charge in [0.25, 0.3) is 0 Å². The van der Waals surface area contributed by atoms with Crippen molar-refractivity contribution in [2.45, 2.75) is 56.7 Å². The predicted octanol–water partition coefficient (Wildman–Crippen LogP) is 5.52. The van der Waals surface area contributed by atoms with Crippen LogP contribution in [-0.4, -0.2) is 25.2 Å². The molecule has 1 atom stereocenters. The van der Waals surface area contributed by atoms with Gasteiger partial charge < -0.3 is 15.0 Å². The Labute approximate surface area is 168 Å². The van der Waals surface area contributed by atoms with E-state index in [9.17, 15) is 0 Å². The van der Waals surface area contributed by atoms with Gasteiger partial charge in [0.05, 0.1) is 11.8 Å². The molecule has 1 aliphatic heterocycles. The number of aromatic nitrogens is 1. The van der Waals surface area contributed by atoms with Crippen LogP contribution in [0.15, 0.2) is 54.6 Å². The average Bonchev–Trinajstić information content (AvgIpc) is 3.09. The minimum atomic E-state index is -0.114. The second-order valence-corrected chi connectivity index (χ2v) is 8.34. The standard InChI is InChI=1S/C23H25NO.C2H7N/c1-16-15-20-19-9-5-6-10-21(19)24-22(20)23(25-16)13-11-18(12-14-23)17-7-3-2-4-8-17;1-3-2/h2-10,16,18,24H,11-15H2,1H3;3H,1-2H3. The molecular formula is C25H32N2O. The van der Waals surface area contributed by atoms with E-state index in [4.69, 9.17) is 4.74 Å². The van der Waals surface area contributed by atoms with Crippen molar-refractivity contribution in [1.29, 1.82) is 0 Å². The van der Waals surface area contributed by atoms with Gasteiger partial charge in [-0.15, -0.1) is 0 Å². The first-order chi connectivity index (χ1) is 13.7. The molecular weight excluding hydrogens is 344 g/mol. The first-order valence-corrected chi connectivity index (χ1v) is 10.6. The lowest BCUT2D eigenvalue weighted by molar-refractivity contribution is -0.128. The number of para-hydroxylation sites is 1. The summed E-state index contributed by atoms with van der Waals surface area (Å²) >= 11 is 0. The third-order valence-electron chi connectivity index (χ3n) is 6.25. The van der Waals surface area contributed by atoms with Crippen molar-refractivity contribution in [3.8, 4) is 0 Å². The lowest BCUT2D eigenvalue weighted by Crippen LogP contribution is -2.42. The van der Waals surface area contributed by atoms with Crippen molar-refractivity contribution in [2.75, 3.05) is 14.1 Å². The van der Waals surface area contributed by atoms with E-state index in [0.29, 0.717) is 12.0 Å². The fraction of sp³-hybridized carbons (Fsp3) is 0.440. The molecule has 1 fully saturated rings. The van der Waals surface area contributed by atoms with Crippen molar-refractivity contribution in [1.82, 2.24) is 10.3 Å². The molecule has 3 heteroatoms. The molecule has 0 saturated heterocycles. The first kappa shape index (κ1) is 19.2. The fourth-order valence-electron chi connectivity index (χ4n) is 5.08.